The lowest BCUT2D eigenvalue weighted by Gasteiger charge is -2.29. The van der Waals surface area contributed by atoms with Crippen LogP contribution in [-0.2, 0) is 9.53 Å². The Bertz CT molecular complexity index is 484. The van der Waals surface area contributed by atoms with Crippen LogP contribution in [-0.4, -0.2) is 43.6 Å². The Labute approximate surface area is 118 Å². The van der Waals surface area contributed by atoms with Crippen molar-refractivity contribution >= 4 is 17.7 Å². The highest BCUT2D eigenvalue weighted by Crippen LogP contribution is 2.21. The van der Waals surface area contributed by atoms with Crippen LogP contribution in [0.5, 0.6) is 0 Å². The highest BCUT2D eigenvalue weighted by molar-refractivity contribution is 6.00. The van der Waals surface area contributed by atoms with Gasteiger partial charge in [-0.2, -0.15) is 0 Å². The molecule has 0 atom stereocenters. The second kappa shape index (κ2) is 6.88. The van der Waals surface area contributed by atoms with E-state index in [2.05, 4.69) is 19.9 Å². The van der Waals surface area contributed by atoms with Crippen LogP contribution < -0.4 is 10.2 Å². The van der Waals surface area contributed by atoms with E-state index in [0.717, 1.165) is 25.9 Å². The van der Waals surface area contributed by atoms with E-state index in [1.165, 1.54) is 13.5 Å². The van der Waals surface area contributed by atoms with Gasteiger partial charge in [0.2, 0.25) is 0 Å². The fourth-order valence-corrected chi connectivity index (χ4v) is 2.25. The molecule has 1 saturated heterocycles. The van der Waals surface area contributed by atoms with E-state index >= 15 is 0 Å². The number of nitrogens with zero attached hydrogens (tertiary/aromatic N) is 2. The highest BCUT2D eigenvalue weighted by atomic mass is 16.5. The lowest BCUT2D eigenvalue weighted by atomic mass is 10.1. The molecule has 1 amide bonds. The molecule has 0 aromatic carbocycles. The summed E-state index contributed by atoms with van der Waals surface area (Å²) < 4.78 is 4.50. The summed E-state index contributed by atoms with van der Waals surface area (Å²) in [6.07, 6.45) is 5.12. The van der Waals surface area contributed by atoms with Crippen LogP contribution in [0, 0.1) is 0 Å². The fourth-order valence-electron chi connectivity index (χ4n) is 2.25. The molecule has 1 fully saturated rings. The van der Waals surface area contributed by atoms with Gasteiger partial charge in [-0.25, -0.2) is 4.98 Å². The molecule has 1 aromatic rings. The third-order valence-corrected chi connectivity index (χ3v) is 3.31. The first kappa shape index (κ1) is 14.3. The Morgan fingerprint density at radius 1 is 1.35 bits per heavy atom. The van der Waals surface area contributed by atoms with Crippen molar-refractivity contribution in [3.63, 3.8) is 0 Å². The molecule has 0 spiro atoms. The standard InChI is InChI=1S/C14H19N3O3/c1-20-12(18)10-16-14(19)11-6-5-7-15-13(11)17-8-3-2-4-9-17/h5-7H,2-4,8-10H2,1H3,(H,16,19). The molecule has 0 radical (unpaired) electrons. The highest BCUT2D eigenvalue weighted by Gasteiger charge is 2.19. The molecule has 1 N–H and O–H groups in total. The number of anilines is 1. The molecule has 0 bridgehead atoms. The van der Waals surface area contributed by atoms with Gasteiger partial charge in [-0.05, 0) is 31.4 Å². The van der Waals surface area contributed by atoms with Gasteiger partial charge in [0, 0.05) is 19.3 Å². The minimum atomic E-state index is -0.471. The minimum Gasteiger partial charge on any atom is -0.468 e. The number of ether oxygens (including phenoxy) is 1. The van der Waals surface area contributed by atoms with Crippen LogP contribution in [0.1, 0.15) is 29.6 Å². The number of carbonyl (C=O) groups is 2. The molecule has 108 valence electrons. The molecular weight excluding hydrogens is 258 g/mol. The maximum Gasteiger partial charge on any atom is 0.325 e. The average Bonchev–Trinajstić information content (AvgIpc) is 2.53. The Balaban J connectivity index is 2.10. The number of nitrogens with one attached hydrogen (secondary N) is 1. The third-order valence-electron chi connectivity index (χ3n) is 3.31. The van der Waals surface area contributed by atoms with Crippen molar-refractivity contribution < 1.29 is 14.3 Å². The van der Waals surface area contributed by atoms with Gasteiger partial charge in [-0.15, -0.1) is 0 Å². The number of esters is 1. The van der Waals surface area contributed by atoms with Crippen LogP contribution in [0.3, 0.4) is 0 Å². The van der Waals surface area contributed by atoms with E-state index < -0.39 is 5.97 Å². The zero-order chi connectivity index (χ0) is 14.4. The van der Waals surface area contributed by atoms with Crippen LogP contribution in [0.15, 0.2) is 18.3 Å². The lowest BCUT2D eigenvalue weighted by molar-refractivity contribution is -0.139. The Morgan fingerprint density at radius 3 is 2.80 bits per heavy atom. The molecular formula is C14H19N3O3. The van der Waals surface area contributed by atoms with Crippen molar-refractivity contribution in [2.75, 3.05) is 31.6 Å². The first-order chi connectivity index (χ1) is 9.72. The number of amides is 1. The molecule has 0 aliphatic carbocycles. The predicted molar refractivity (Wildman–Crippen MR) is 74.7 cm³/mol. The summed E-state index contributed by atoms with van der Waals surface area (Å²) in [5, 5.41) is 2.55. The van der Waals surface area contributed by atoms with E-state index in [1.807, 2.05) is 0 Å². The number of hydrogen-bond donors (Lipinski definition) is 1. The number of carbonyl (C=O) groups excluding carboxylic acids is 2. The van der Waals surface area contributed by atoms with E-state index in [-0.39, 0.29) is 12.5 Å². The second-order valence-electron chi connectivity index (χ2n) is 4.68. The molecule has 2 heterocycles. The zero-order valence-electron chi connectivity index (χ0n) is 11.6. The molecule has 6 nitrogen and oxygen atoms in total. The van der Waals surface area contributed by atoms with Crippen LogP contribution in [0.4, 0.5) is 5.82 Å². The van der Waals surface area contributed by atoms with Gasteiger partial charge in [0.25, 0.3) is 5.91 Å². The number of aromatic nitrogens is 1. The Hall–Kier alpha value is -2.11. The number of hydrogen-bond acceptors (Lipinski definition) is 5. The molecule has 1 aliphatic rings. The van der Waals surface area contributed by atoms with Gasteiger partial charge in [-0.1, -0.05) is 0 Å². The molecule has 6 heteroatoms. The summed E-state index contributed by atoms with van der Waals surface area (Å²) in [7, 11) is 1.29. The maximum absolute atomic E-state index is 12.1. The summed E-state index contributed by atoms with van der Waals surface area (Å²) in [6, 6.07) is 3.45. The van der Waals surface area contributed by atoms with E-state index in [4.69, 9.17) is 0 Å². The van der Waals surface area contributed by atoms with Crippen molar-refractivity contribution in [2.45, 2.75) is 19.3 Å². The van der Waals surface area contributed by atoms with Crippen LogP contribution >= 0.6 is 0 Å². The van der Waals surface area contributed by atoms with Crippen LogP contribution in [0.25, 0.3) is 0 Å². The normalized spacial score (nSPS) is 14.8. The minimum absolute atomic E-state index is 0.135. The largest absolute Gasteiger partial charge is 0.468 e. The maximum atomic E-state index is 12.1. The van der Waals surface area contributed by atoms with Crippen molar-refractivity contribution in [3.8, 4) is 0 Å². The van der Waals surface area contributed by atoms with Crippen molar-refractivity contribution in [1.29, 1.82) is 0 Å². The van der Waals surface area contributed by atoms with Gasteiger partial charge in [-0.3, -0.25) is 9.59 Å². The summed E-state index contributed by atoms with van der Waals surface area (Å²) in [4.78, 5) is 29.7. The van der Waals surface area contributed by atoms with Gasteiger partial charge in [0.1, 0.15) is 12.4 Å². The molecule has 20 heavy (non-hydrogen) atoms. The van der Waals surface area contributed by atoms with E-state index in [0.29, 0.717) is 11.4 Å². The molecule has 0 saturated carbocycles. The number of piperidine rings is 1. The van der Waals surface area contributed by atoms with Gasteiger partial charge in [0.15, 0.2) is 0 Å². The Kier molecular flexibility index (Phi) is 4.92. The molecule has 1 aliphatic heterocycles. The lowest BCUT2D eigenvalue weighted by Crippen LogP contribution is -2.35. The number of methoxy groups -OCH3 is 1. The number of pyridine rings is 1. The fraction of sp³-hybridized carbons (Fsp3) is 0.500. The van der Waals surface area contributed by atoms with Crippen molar-refractivity contribution in [2.24, 2.45) is 0 Å². The molecule has 1 aromatic heterocycles. The van der Waals surface area contributed by atoms with Crippen molar-refractivity contribution in [1.82, 2.24) is 10.3 Å². The topological polar surface area (TPSA) is 71.5 Å². The first-order valence-electron chi connectivity index (χ1n) is 6.77. The number of rotatable bonds is 4. The zero-order valence-corrected chi connectivity index (χ0v) is 11.6. The molecule has 0 unspecified atom stereocenters. The summed E-state index contributed by atoms with van der Waals surface area (Å²) in [6.45, 7) is 1.69. The van der Waals surface area contributed by atoms with Gasteiger partial charge < -0.3 is 15.0 Å². The van der Waals surface area contributed by atoms with E-state index in [1.54, 1.807) is 18.3 Å². The Morgan fingerprint density at radius 2 is 2.10 bits per heavy atom. The quantitative estimate of drug-likeness (QED) is 0.830. The third kappa shape index (κ3) is 3.46. The first-order valence-corrected chi connectivity index (χ1v) is 6.77. The smallest absolute Gasteiger partial charge is 0.325 e. The SMILES string of the molecule is COC(=O)CNC(=O)c1cccnc1N1CCCCC1. The van der Waals surface area contributed by atoms with E-state index in [9.17, 15) is 9.59 Å². The second-order valence-corrected chi connectivity index (χ2v) is 4.68. The van der Waals surface area contributed by atoms with Gasteiger partial charge in [0.05, 0.1) is 12.7 Å². The van der Waals surface area contributed by atoms with Gasteiger partial charge >= 0.3 is 5.97 Å². The summed E-state index contributed by atoms with van der Waals surface area (Å²) >= 11 is 0. The molecule has 2 rings (SSSR count). The average molecular weight is 277 g/mol. The predicted octanol–water partition coefficient (Wildman–Crippen LogP) is 0.975. The monoisotopic (exact) mass is 277 g/mol. The van der Waals surface area contributed by atoms with Crippen molar-refractivity contribution in [3.05, 3.63) is 23.9 Å². The van der Waals surface area contributed by atoms with Crippen LogP contribution in [0.2, 0.25) is 0 Å². The summed E-state index contributed by atoms with van der Waals surface area (Å²) in [5.74, 6) is -0.0830. The summed E-state index contributed by atoms with van der Waals surface area (Å²) in [5.41, 5.74) is 0.498.